The molecule has 0 spiro atoms. The van der Waals surface area contributed by atoms with Crippen LogP contribution in [-0.4, -0.2) is 8.80 Å². The largest absolute Gasteiger partial charge is 0.0996 e. The van der Waals surface area contributed by atoms with E-state index in [4.69, 9.17) is 0 Å². The highest BCUT2D eigenvalue weighted by Gasteiger charge is 2.04. The second-order valence-corrected chi connectivity index (χ2v) is 8.55. The molecule has 0 fully saturated rings. The fourth-order valence-corrected chi connectivity index (χ4v) is 3.01. The lowest BCUT2D eigenvalue weighted by molar-refractivity contribution is 0.632. The molecule has 0 atom stereocenters. The van der Waals surface area contributed by atoms with Gasteiger partial charge in [-0.1, -0.05) is 81.7 Å². The predicted molar refractivity (Wildman–Crippen MR) is 86.8 cm³/mol. The van der Waals surface area contributed by atoms with Crippen molar-refractivity contribution in [3.8, 4) is 0 Å². The van der Waals surface area contributed by atoms with Crippen LogP contribution in [0.2, 0.25) is 13.1 Å². The van der Waals surface area contributed by atoms with Gasteiger partial charge in [0.05, 0.1) is 8.80 Å². The zero-order valence-electron chi connectivity index (χ0n) is 12.3. The van der Waals surface area contributed by atoms with Crippen molar-refractivity contribution in [3.05, 3.63) is 42.0 Å². The third-order valence-corrected chi connectivity index (χ3v) is 5.32. The van der Waals surface area contributed by atoms with Crippen molar-refractivity contribution in [3.63, 3.8) is 0 Å². The van der Waals surface area contributed by atoms with Crippen molar-refractivity contribution >= 4 is 14.0 Å². The molecule has 1 aromatic carbocycles. The molecule has 0 unspecified atom stereocenters. The first-order chi connectivity index (χ1) is 8.65. The van der Waals surface area contributed by atoms with Gasteiger partial charge in [-0.05, 0) is 24.0 Å². The average molecular weight is 260 g/mol. The monoisotopic (exact) mass is 260 g/mol. The Kier molecular flexibility index (Phi) is 7.03. The molecule has 0 heterocycles. The van der Waals surface area contributed by atoms with Crippen LogP contribution in [0.5, 0.6) is 0 Å². The lowest BCUT2D eigenvalue weighted by atomic mass is 10.0. The van der Waals surface area contributed by atoms with Gasteiger partial charge in [-0.2, -0.15) is 0 Å². The third kappa shape index (κ3) is 5.22. The van der Waals surface area contributed by atoms with Crippen LogP contribution in [0.3, 0.4) is 0 Å². The molecule has 0 aliphatic carbocycles. The summed E-state index contributed by atoms with van der Waals surface area (Å²) in [4.78, 5) is 0. The topological polar surface area (TPSA) is 0 Å². The number of hydrogen-bond donors (Lipinski definition) is 0. The van der Waals surface area contributed by atoms with E-state index in [0.29, 0.717) is 0 Å². The Morgan fingerprint density at radius 3 is 2.17 bits per heavy atom. The maximum atomic E-state index is 4.21. The molecule has 0 N–H and O–H groups in total. The van der Waals surface area contributed by atoms with Crippen LogP contribution in [0.1, 0.15) is 50.2 Å². The van der Waals surface area contributed by atoms with Crippen LogP contribution >= 0.6 is 0 Å². The minimum atomic E-state index is -0.737. The van der Waals surface area contributed by atoms with E-state index in [1.54, 1.807) is 0 Å². The van der Waals surface area contributed by atoms with Crippen molar-refractivity contribution < 1.29 is 0 Å². The minimum Gasteiger partial charge on any atom is -0.0996 e. The van der Waals surface area contributed by atoms with Crippen LogP contribution in [0.15, 0.2) is 30.8 Å². The highest BCUT2D eigenvalue weighted by Crippen LogP contribution is 2.17. The highest BCUT2D eigenvalue weighted by atomic mass is 28.3. The quantitative estimate of drug-likeness (QED) is 0.443. The Hall–Kier alpha value is -0.823. The van der Waals surface area contributed by atoms with Crippen LogP contribution in [0.4, 0.5) is 0 Å². The maximum Gasteiger partial charge on any atom is 0.0647 e. The van der Waals surface area contributed by atoms with Gasteiger partial charge in [0.2, 0.25) is 0 Å². The van der Waals surface area contributed by atoms with Gasteiger partial charge in [-0.25, -0.2) is 0 Å². The van der Waals surface area contributed by atoms with Crippen molar-refractivity contribution in [1.29, 1.82) is 0 Å². The molecule has 0 nitrogen and oxygen atoms in total. The van der Waals surface area contributed by atoms with Crippen LogP contribution in [-0.2, 0) is 6.42 Å². The molecule has 0 aromatic heterocycles. The molecule has 100 valence electrons. The number of rotatable bonds is 8. The molecule has 0 amide bonds. The second-order valence-electron chi connectivity index (χ2n) is 5.54. The molecule has 0 radical (unpaired) electrons. The molecule has 1 rings (SSSR count). The van der Waals surface area contributed by atoms with Gasteiger partial charge in [0.1, 0.15) is 0 Å². The Morgan fingerprint density at radius 2 is 1.61 bits per heavy atom. The maximum absolute atomic E-state index is 4.21. The van der Waals surface area contributed by atoms with Gasteiger partial charge >= 0.3 is 0 Å². The van der Waals surface area contributed by atoms with Gasteiger partial charge in [0, 0.05) is 0 Å². The van der Waals surface area contributed by atoms with Gasteiger partial charge in [0.15, 0.2) is 0 Å². The van der Waals surface area contributed by atoms with Gasteiger partial charge in [-0.3, -0.25) is 0 Å². The molecule has 1 aromatic rings. The standard InChI is InChI=1S/C17H28Si/c1-5-6-7-8-9-10-16-11-13-17(14-12-16)15(2)18(3)4/h11-14,18H,2,5-10H2,1,3-4H3. The highest BCUT2D eigenvalue weighted by molar-refractivity contribution is 6.76. The van der Waals surface area contributed by atoms with E-state index in [9.17, 15) is 0 Å². The van der Waals surface area contributed by atoms with E-state index < -0.39 is 8.80 Å². The molecular weight excluding hydrogens is 232 g/mol. The fraction of sp³-hybridized carbons (Fsp3) is 0.529. The first-order valence-electron chi connectivity index (χ1n) is 7.43. The van der Waals surface area contributed by atoms with Crippen LogP contribution < -0.4 is 0 Å². The lowest BCUT2D eigenvalue weighted by Crippen LogP contribution is -2.03. The van der Waals surface area contributed by atoms with Crippen molar-refractivity contribution in [2.45, 2.75) is 58.5 Å². The summed E-state index contributed by atoms with van der Waals surface area (Å²) in [5, 5.41) is 1.38. The third-order valence-electron chi connectivity index (χ3n) is 3.59. The zero-order chi connectivity index (χ0) is 13.4. The van der Waals surface area contributed by atoms with Crippen LogP contribution in [0, 0.1) is 0 Å². The molecule has 1 heteroatoms. The smallest absolute Gasteiger partial charge is 0.0647 e. The Bertz CT molecular complexity index is 348. The fourth-order valence-electron chi connectivity index (χ4n) is 2.15. The summed E-state index contributed by atoms with van der Waals surface area (Å²) in [6.07, 6.45) is 8.05. The van der Waals surface area contributed by atoms with E-state index in [0.717, 1.165) is 0 Å². The number of unbranched alkanes of at least 4 members (excludes halogenated alkanes) is 4. The number of benzene rings is 1. The summed E-state index contributed by atoms with van der Waals surface area (Å²) in [5.74, 6) is 0. The molecule has 0 bridgehead atoms. The van der Waals surface area contributed by atoms with Gasteiger partial charge < -0.3 is 0 Å². The molecule has 18 heavy (non-hydrogen) atoms. The Balaban J connectivity index is 2.38. The van der Waals surface area contributed by atoms with Crippen molar-refractivity contribution in [2.24, 2.45) is 0 Å². The van der Waals surface area contributed by atoms with Crippen LogP contribution in [0.25, 0.3) is 5.20 Å². The predicted octanol–water partition coefficient (Wildman–Crippen LogP) is 5.24. The van der Waals surface area contributed by atoms with E-state index in [1.165, 1.54) is 54.8 Å². The summed E-state index contributed by atoms with van der Waals surface area (Å²) in [6.45, 7) is 11.2. The summed E-state index contributed by atoms with van der Waals surface area (Å²) >= 11 is 0. The summed E-state index contributed by atoms with van der Waals surface area (Å²) < 4.78 is 0. The first-order valence-corrected chi connectivity index (χ1v) is 10.3. The molecule has 0 aliphatic rings. The normalized spacial score (nSPS) is 10.9. The van der Waals surface area contributed by atoms with Crippen molar-refractivity contribution in [2.75, 3.05) is 0 Å². The zero-order valence-corrected chi connectivity index (χ0v) is 13.5. The first kappa shape index (κ1) is 15.2. The summed E-state index contributed by atoms with van der Waals surface area (Å²) in [5.41, 5.74) is 2.83. The second kappa shape index (κ2) is 8.31. The Morgan fingerprint density at radius 1 is 1.00 bits per heavy atom. The minimum absolute atomic E-state index is 0.737. The number of hydrogen-bond acceptors (Lipinski definition) is 0. The molecular formula is C17H28Si. The number of aryl methyl sites for hydroxylation is 1. The van der Waals surface area contributed by atoms with E-state index in [2.05, 4.69) is 50.9 Å². The molecule has 0 saturated heterocycles. The van der Waals surface area contributed by atoms with E-state index >= 15 is 0 Å². The SMILES string of the molecule is C=C(c1ccc(CCCCCCC)cc1)[SiH](C)C. The van der Waals surface area contributed by atoms with E-state index in [-0.39, 0.29) is 0 Å². The molecule has 0 aliphatic heterocycles. The molecule has 0 saturated carbocycles. The Labute approximate surface area is 115 Å². The van der Waals surface area contributed by atoms with Crippen molar-refractivity contribution in [1.82, 2.24) is 0 Å². The van der Waals surface area contributed by atoms with Gasteiger partial charge in [-0.15, -0.1) is 0 Å². The summed E-state index contributed by atoms with van der Waals surface area (Å²) in [6, 6.07) is 9.10. The van der Waals surface area contributed by atoms with E-state index in [1.807, 2.05) is 0 Å². The van der Waals surface area contributed by atoms with Gasteiger partial charge in [0.25, 0.3) is 0 Å². The summed E-state index contributed by atoms with van der Waals surface area (Å²) in [7, 11) is -0.737. The average Bonchev–Trinajstić information content (AvgIpc) is 2.38. The lowest BCUT2D eigenvalue weighted by Gasteiger charge is -2.09.